The van der Waals surface area contributed by atoms with Crippen molar-refractivity contribution in [2.45, 2.75) is 33.6 Å². The second kappa shape index (κ2) is 9.71. The van der Waals surface area contributed by atoms with E-state index in [-0.39, 0.29) is 18.8 Å². The molecule has 0 aliphatic rings. The Kier molecular flexibility index (Phi) is 7.98. The van der Waals surface area contributed by atoms with Crippen LogP contribution >= 0.6 is 0 Å². The molecule has 0 radical (unpaired) electrons. The number of phenolic OH excluding ortho intramolecular Hbond substituents is 1. The van der Waals surface area contributed by atoms with Gasteiger partial charge in [0.2, 0.25) is 0 Å². The summed E-state index contributed by atoms with van der Waals surface area (Å²) in [6.45, 7) is 5.54. The Hall–Kier alpha value is -2.50. The summed E-state index contributed by atoms with van der Waals surface area (Å²) in [5.41, 5.74) is 1.79. The summed E-state index contributed by atoms with van der Waals surface area (Å²) in [7, 11) is 1.44. The zero-order chi connectivity index (χ0) is 19.0. The van der Waals surface area contributed by atoms with Crippen molar-refractivity contribution < 1.29 is 29.3 Å². The Bertz CT molecular complexity index is 631. The molecule has 25 heavy (non-hydrogen) atoms. The van der Waals surface area contributed by atoms with E-state index in [1.54, 1.807) is 25.1 Å². The topological polar surface area (TPSA) is 93.1 Å². The van der Waals surface area contributed by atoms with E-state index in [1.807, 2.05) is 13.8 Å². The maximum absolute atomic E-state index is 12.4. The van der Waals surface area contributed by atoms with Gasteiger partial charge in [-0.25, -0.2) is 0 Å². The minimum absolute atomic E-state index is 0.00726. The van der Waals surface area contributed by atoms with E-state index in [2.05, 4.69) is 0 Å². The third kappa shape index (κ3) is 6.87. The maximum Gasteiger partial charge on any atom is 0.309 e. The molecule has 2 N–H and O–H groups in total. The SMILES string of the molecule is COc1cc(CC(CC(C)C(=O)O)C(=O)OCC=C(C)C)ccc1O. The third-order valence-electron chi connectivity index (χ3n) is 3.84. The van der Waals surface area contributed by atoms with Crippen molar-refractivity contribution in [1.82, 2.24) is 0 Å². The molecule has 1 aromatic carbocycles. The Morgan fingerprint density at radius 3 is 2.52 bits per heavy atom. The van der Waals surface area contributed by atoms with Gasteiger partial charge in [0.1, 0.15) is 6.61 Å². The average molecular weight is 350 g/mol. The molecule has 0 amide bonds. The highest BCUT2D eigenvalue weighted by atomic mass is 16.5. The molecular formula is C19H26O6. The van der Waals surface area contributed by atoms with Crippen molar-refractivity contribution in [1.29, 1.82) is 0 Å². The number of phenols is 1. The zero-order valence-electron chi connectivity index (χ0n) is 15.1. The fraction of sp³-hybridized carbons (Fsp3) is 0.474. The molecule has 0 saturated carbocycles. The number of aliphatic carboxylic acids is 1. The lowest BCUT2D eigenvalue weighted by Gasteiger charge is -2.18. The van der Waals surface area contributed by atoms with Crippen LogP contribution in [0.5, 0.6) is 11.5 Å². The first-order valence-corrected chi connectivity index (χ1v) is 8.13. The maximum atomic E-state index is 12.4. The molecule has 0 fully saturated rings. The van der Waals surface area contributed by atoms with Crippen molar-refractivity contribution in [3.05, 3.63) is 35.4 Å². The fourth-order valence-corrected chi connectivity index (χ4v) is 2.33. The number of ether oxygens (including phenoxy) is 2. The number of carbonyl (C=O) groups is 2. The number of rotatable bonds is 9. The zero-order valence-corrected chi connectivity index (χ0v) is 15.1. The van der Waals surface area contributed by atoms with E-state index >= 15 is 0 Å². The van der Waals surface area contributed by atoms with Crippen LogP contribution in [0.15, 0.2) is 29.8 Å². The van der Waals surface area contributed by atoms with Crippen LogP contribution < -0.4 is 4.74 Å². The summed E-state index contributed by atoms with van der Waals surface area (Å²) < 4.78 is 10.3. The van der Waals surface area contributed by atoms with Crippen LogP contribution in [0, 0.1) is 11.8 Å². The van der Waals surface area contributed by atoms with E-state index in [9.17, 15) is 14.7 Å². The van der Waals surface area contributed by atoms with E-state index < -0.39 is 23.8 Å². The summed E-state index contributed by atoms with van der Waals surface area (Å²) in [5.74, 6) is -2.33. The lowest BCUT2D eigenvalue weighted by atomic mass is 9.90. The molecule has 2 atom stereocenters. The number of esters is 1. The molecule has 1 rings (SSSR count). The molecule has 6 heteroatoms. The molecule has 0 aliphatic heterocycles. The van der Waals surface area contributed by atoms with Crippen molar-refractivity contribution >= 4 is 11.9 Å². The van der Waals surface area contributed by atoms with Crippen molar-refractivity contribution in [3.8, 4) is 11.5 Å². The van der Waals surface area contributed by atoms with Crippen LogP contribution in [0.1, 0.15) is 32.8 Å². The Morgan fingerprint density at radius 1 is 1.28 bits per heavy atom. The number of carboxylic acids is 1. The molecule has 6 nitrogen and oxygen atoms in total. The number of carboxylic acid groups (broad SMARTS) is 1. The smallest absolute Gasteiger partial charge is 0.309 e. The van der Waals surface area contributed by atoms with Crippen LogP contribution in [0.4, 0.5) is 0 Å². The van der Waals surface area contributed by atoms with E-state index in [1.165, 1.54) is 13.2 Å². The molecule has 0 spiro atoms. The molecule has 0 aromatic heterocycles. The number of benzene rings is 1. The Morgan fingerprint density at radius 2 is 1.96 bits per heavy atom. The molecule has 138 valence electrons. The lowest BCUT2D eigenvalue weighted by Crippen LogP contribution is -2.25. The first-order chi connectivity index (χ1) is 11.7. The van der Waals surface area contributed by atoms with Gasteiger partial charge < -0.3 is 19.7 Å². The molecule has 0 aliphatic carbocycles. The van der Waals surface area contributed by atoms with Crippen LogP contribution in [-0.4, -0.2) is 35.9 Å². The summed E-state index contributed by atoms with van der Waals surface area (Å²) in [6, 6.07) is 4.80. The van der Waals surface area contributed by atoms with Gasteiger partial charge in [-0.3, -0.25) is 9.59 Å². The van der Waals surface area contributed by atoms with Gasteiger partial charge in [-0.05, 0) is 50.5 Å². The Labute approximate surface area is 148 Å². The first-order valence-electron chi connectivity index (χ1n) is 8.13. The third-order valence-corrected chi connectivity index (χ3v) is 3.84. The lowest BCUT2D eigenvalue weighted by molar-refractivity contribution is -0.149. The summed E-state index contributed by atoms with van der Waals surface area (Å²) in [4.78, 5) is 23.5. The second-order valence-corrected chi connectivity index (χ2v) is 6.29. The second-order valence-electron chi connectivity index (χ2n) is 6.29. The van der Waals surface area contributed by atoms with Gasteiger partial charge in [0.25, 0.3) is 0 Å². The molecule has 0 heterocycles. The highest BCUT2D eigenvalue weighted by molar-refractivity contribution is 5.75. The quantitative estimate of drug-likeness (QED) is 0.525. The minimum Gasteiger partial charge on any atom is -0.504 e. The summed E-state index contributed by atoms with van der Waals surface area (Å²) in [6.07, 6.45) is 2.27. The van der Waals surface area contributed by atoms with Crippen LogP contribution in [0.25, 0.3) is 0 Å². The number of hydrogen-bond donors (Lipinski definition) is 2. The molecule has 0 saturated heterocycles. The van der Waals surface area contributed by atoms with Gasteiger partial charge in [0.05, 0.1) is 18.9 Å². The van der Waals surface area contributed by atoms with Crippen molar-refractivity contribution in [3.63, 3.8) is 0 Å². The van der Waals surface area contributed by atoms with Gasteiger partial charge in [0.15, 0.2) is 11.5 Å². The number of aromatic hydroxyl groups is 1. The normalized spacial score (nSPS) is 12.8. The number of hydrogen-bond acceptors (Lipinski definition) is 5. The highest BCUT2D eigenvalue weighted by Gasteiger charge is 2.26. The van der Waals surface area contributed by atoms with Crippen molar-refractivity contribution in [2.24, 2.45) is 11.8 Å². The summed E-state index contributed by atoms with van der Waals surface area (Å²) in [5, 5.41) is 18.8. The molecular weight excluding hydrogens is 324 g/mol. The fourth-order valence-electron chi connectivity index (χ4n) is 2.33. The van der Waals surface area contributed by atoms with Crippen LogP contribution in [0.2, 0.25) is 0 Å². The van der Waals surface area contributed by atoms with Crippen LogP contribution in [-0.2, 0) is 20.7 Å². The summed E-state index contributed by atoms with van der Waals surface area (Å²) >= 11 is 0. The van der Waals surface area contributed by atoms with Gasteiger partial charge in [-0.2, -0.15) is 0 Å². The van der Waals surface area contributed by atoms with Crippen LogP contribution in [0.3, 0.4) is 0 Å². The number of methoxy groups -OCH3 is 1. The molecule has 1 aromatic rings. The van der Waals surface area contributed by atoms with Gasteiger partial charge >= 0.3 is 11.9 Å². The Balaban J connectivity index is 2.91. The highest BCUT2D eigenvalue weighted by Crippen LogP contribution is 2.28. The van der Waals surface area contributed by atoms with Crippen molar-refractivity contribution in [2.75, 3.05) is 13.7 Å². The predicted octanol–water partition coefficient (Wildman–Crippen LogP) is 3.18. The average Bonchev–Trinajstić information content (AvgIpc) is 2.55. The number of allylic oxidation sites excluding steroid dienone is 1. The monoisotopic (exact) mass is 350 g/mol. The predicted molar refractivity (Wildman–Crippen MR) is 93.7 cm³/mol. The standard InChI is InChI=1S/C19H26O6/c1-12(2)7-8-25-19(23)15(9-13(3)18(21)22)10-14-5-6-16(20)17(11-14)24-4/h5-7,11,13,15,20H,8-10H2,1-4H3,(H,21,22). The van der Waals surface area contributed by atoms with E-state index in [0.717, 1.165) is 11.1 Å². The largest absolute Gasteiger partial charge is 0.504 e. The van der Waals surface area contributed by atoms with Gasteiger partial charge in [-0.15, -0.1) is 0 Å². The first kappa shape index (κ1) is 20.5. The molecule has 2 unspecified atom stereocenters. The molecule has 0 bridgehead atoms. The minimum atomic E-state index is -0.953. The van der Waals surface area contributed by atoms with Gasteiger partial charge in [0, 0.05) is 0 Å². The van der Waals surface area contributed by atoms with E-state index in [4.69, 9.17) is 14.6 Å². The van der Waals surface area contributed by atoms with Gasteiger partial charge in [-0.1, -0.05) is 18.6 Å². The number of carbonyl (C=O) groups excluding carboxylic acids is 1. The van der Waals surface area contributed by atoms with E-state index in [0.29, 0.717) is 12.2 Å².